The van der Waals surface area contributed by atoms with Crippen LogP contribution in [0.25, 0.3) is 0 Å². The lowest BCUT2D eigenvalue weighted by atomic mass is 9.95. The zero-order valence-corrected chi connectivity index (χ0v) is 12.6. The molecule has 0 amide bonds. The summed E-state index contributed by atoms with van der Waals surface area (Å²) in [5, 5.41) is 4.47. The summed E-state index contributed by atoms with van der Waals surface area (Å²) in [6.07, 6.45) is 11.4. The molecule has 0 radical (unpaired) electrons. The molecule has 1 aromatic heterocycles. The van der Waals surface area contributed by atoms with Crippen molar-refractivity contribution in [1.29, 1.82) is 0 Å². The molecule has 0 aliphatic heterocycles. The molecule has 2 nitrogen and oxygen atoms in total. The lowest BCUT2D eigenvalue weighted by Gasteiger charge is -2.31. The van der Waals surface area contributed by atoms with Gasteiger partial charge in [-0.2, -0.15) is 11.8 Å². The molecule has 1 aromatic rings. The molecule has 2 unspecified atom stereocenters. The van der Waals surface area contributed by atoms with Crippen molar-refractivity contribution in [2.75, 3.05) is 6.26 Å². The summed E-state index contributed by atoms with van der Waals surface area (Å²) in [6.45, 7) is 0.925. The summed E-state index contributed by atoms with van der Waals surface area (Å²) < 4.78 is 1.06. The largest absolute Gasteiger partial charge is 0.309 e. The van der Waals surface area contributed by atoms with Crippen molar-refractivity contribution in [3.8, 4) is 0 Å². The minimum atomic E-state index is 0.665. The number of halogens is 1. The van der Waals surface area contributed by atoms with Gasteiger partial charge in [-0.1, -0.05) is 12.8 Å². The Kier molecular flexibility index (Phi) is 5.32. The van der Waals surface area contributed by atoms with Gasteiger partial charge in [-0.05, 0) is 46.7 Å². The van der Waals surface area contributed by atoms with Crippen LogP contribution in [0.15, 0.2) is 22.9 Å². The standard InChI is InChI=1S/C13H19BrN2S/c1-17-13-5-3-2-4-12(13)16-8-10-6-11(14)9-15-7-10/h6-7,9,12-13,16H,2-5,8H2,1H3. The first-order valence-corrected chi connectivity index (χ1v) is 8.23. The maximum absolute atomic E-state index is 4.20. The van der Waals surface area contributed by atoms with Gasteiger partial charge in [0, 0.05) is 34.7 Å². The van der Waals surface area contributed by atoms with Gasteiger partial charge in [0.15, 0.2) is 0 Å². The lowest BCUT2D eigenvalue weighted by molar-refractivity contribution is 0.383. The molecule has 0 saturated heterocycles. The van der Waals surface area contributed by atoms with E-state index in [-0.39, 0.29) is 0 Å². The Labute approximate surface area is 116 Å². The van der Waals surface area contributed by atoms with Crippen molar-refractivity contribution >= 4 is 27.7 Å². The fourth-order valence-electron chi connectivity index (χ4n) is 2.41. The van der Waals surface area contributed by atoms with Crippen LogP contribution < -0.4 is 5.32 Å². The number of aromatic nitrogens is 1. The first-order valence-electron chi connectivity index (χ1n) is 6.15. The molecule has 2 rings (SSSR count). The van der Waals surface area contributed by atoms with Crippen LogP contribution in [0.5, 0.6) is 0 Å². The second kappa shape index (κ2) is 6.76. The second-order valence-electron chi connectivity index (χ2n) is 4.56. The van der Waals surface area contributed by atoms with Gasteiger partial charge in [0.1, 0.15) is 0 Å². The summed E-state index contributed by atoms with van der Waals surface area (Å²) >= 11 is 5.46. The van der Waals surface area contributed by atoms with Gasteiger partial charge in [-0.3, -0.25) is 4.98 Å². The monoisotopic (exact) mass is 314 g/mol. The first kappa shape index (κ1) is 13.4. The number of pyridine rings is 1. The highest BCUT2D eigenvalue weighted by atomic mass is 79.9. The molecule has 1 fully saturated rings. The number of nitrogens with zero attached hydrogens (tertiary/aromatic N) is 1. The van der Waals surface area contributed by atoms with E-state index in [0.717, 1.165) is 16.3 Å². The number of rotatable bonds is 4. The fourth-order valence-corrected chi connectivity index (χ4v) is 3.79. The van der Waals surface area contributed by atoms with Gasteiger partial charge in [0.05, 0.1) is 0 Å². The van der Waals surface area contributed by atoms with Crippen molar-refractivity contribution in [3.05, 3.63) is 28.5 Å². The number of hydrogen-bond acceptors (Lipinski definition) is 3. The molecule has 1 N–H and O–H groups in total. The number of nitrogens with one attached hydrogen (secondary N) is 1. The van der Waals surface area contributed by atoms with E-state index in [1.165, 1.54) is 31.2 Å². The summed E-state index contributed by atoms with van der Waals surface area (Å²) in [5.41, 5.74) is 1.25. The van der Waals surface area contributed by atoms with E-state index in [9.17, 15) is 0 Å². The van der Waals surface area contributed by atoms with Crippen LogP contribution in [0.4, 0.5) is 0 Å². The predicted octanol–water partition coefficient (Wildman–Crippen LogP) is 3.61. The van der Waals surface area contributed by atoms with E-state index in [4.69, 9.17) is 0 Å². The van der Waals surface area contributed by atoms with E-state index in [0.29, 0.717) is 6.04 Å². The minimum absolute atomic E-state index is 0.665. The predicted molar refractivity (Wildman–Crippen MR) is 78.3 cm³/mol. The Balaban J connectivity index is 1.88. The third-order valence-electron chi connectivity index (χ3n) is 3.34. The Bertz CT molecular complexity index is 359. The molecular formula is C13H19BrN2S. The number of hydrogen-bond donors (Lipinski definition) is 1. The molecule has 94 valence electrons. The van der Waals surface area contributed by atoms with E-state index < -0.39 is 0 Å². The van der Waals surface area contributed by atoms with Crippen LogP contribution in [0.1, 0.15) is 31.2 Å². The minimum Gasteiger partial charge on any atom is -0.309 e. The highest BCUT2D eigenvalue weighted by Gasteiger charge is 2.23. The Morgan fingerprint density at radius 2 is 2.24 bits per heavy atom. The lowest BCUT2D eigenvalue weighted by Crippen LogP contribution is -2.39. The quantitative estimate of drug-likeness (QED) is 0.919. The summed E-state index contributed by atoms with van der Waals surface area (Å²) in [5.74, 6) is 0. The Morgan fingerprint density at radius 3 is 3.00 bits per heavy atom. The topological polar surface area (TPSA) is 24.9 Å². The van der Waals surface area contributed by atoms with Crippen molar-refractivity contribution in [2.24, 2.45) is 0 Å². The normalized spacial score (nSPS) is 24.8. The zero-order chi connectivity index (χ0) is 12.1. The third-order valence-corrected chi connectivity index (χ3v) is 4.94. The molecule has 0 spiro atoms. The van der Waals surface area contributed by atoms with Crippen LogP contribution in [-0.4, -0.2) is 22.5 Å². The van der Waals surface area contributed by atoms with Gasteiger partial charge < -0.3 is 5.32 Å². The summed E-state index contributed by atoms with van der Waals surface area (Å²) in [7, 11) is 0. The molecule has 0 aromatic carbocycles. The SMILES string of the molecule is CSC1CCCCC1NCc1cncc(Br)c1. The van der Waals surface area contributed by atoms with Crippen molar-refractivity contribution in [2.45, 2.75) is 43.5 Å². The van der Waals surface area contributed by atoms with Crippen LogP contribution >= 0.6 is 27.7 Å². The van der Waals surface area contributed by atoms with Crippen LogP contribution in [-0.2, 0) is 6.54 Å². The van der Waals surface area contributed by atoms with Crippen molar-refractivity contribution < 1.29 is 0 Å². The van der Waals surface area contributed by atoms with Gasteiger partial charge in [-0.25, -0.2) is 0 Å². The molecule has 1 heterocycles. The van der Waals surface area contributed by atoms with E-state index >= 15 is 0 Å². The molecule has 1 aliphatic rings. The first-order chi connectivity index (χ1) is 8.29. The highest BCUT2D eigenvalue weighted by molar-refractivity contribution is 9.10. The van der Waals surface area contributed by atoms with Gasteiger partial charge in [-0.15, -0.1) is 0 Å². The zero-order valence-electron chi connectivity index (χ0n) is 10.2. The molecule has 17 heavy (non-hydrogen) atoms. The average Bonchev–Trinajstić information content (AvgIpc) is 2.37. The van der Waals surface area contributed by atoms with Crippen LogP contribution in [0.2, 0.25) is 0 Å². The third kappa shape index (κ3) is 3.97. The van der Waals surface area contributed by atoms with Gasteiger partial charge in [0.25, 0.3) is 0 Å². The Hall–Kier alpha value is -0.0600. The van der Waals surface area contributed by atoms with Gasteiger partial charge in [0.2, 0.25) is 0 Å². The number of thioether (sulfide) groups is 1. The van der Waals surface area contributed by atoms with Crippen molar-refractivity contribution in [3.63, 3.8) is 0 Å². The fraction of sp³-hybridized carbons (Fsp3) is 0.615. The van der Waals surface area contributed by atoms with Crippen LogP contribution in [0.3, 0.4) is 0 Å². The smallest absolute Gasteiger partial charge is 0.0410 e. The maximum atomic E-state index is 4.20. The molecule has 0 bridgehead atoms. The Morgan fingerprint density at radius 1 is 1.41 bits per heavy atom. The second-order valence-corrected chi connectivity index (χ2v) is 6.55. The van der Waals surface area contributed by atoms with Crippen LogP contribution in [0, 0.1) is 0 Å². The molecule has 1 saturated carbocycles. The van der Waals surface area contributed by atoms with E-state index in [1.807, 2.05) is 24.2 Å². The molecule has 2 atom stereocenters. The summed E-state index contributed by atoms with van der Waals surface area (Å²) in [6, 6.07) is 2.80. The summed E-state index contributed by atoms with van der Waals surface area (Å²) in [4.78, 5) is 4.20. The highest BCUT2D eigenvalue weighted by Crippen LogP contribution is 2.27. The maximum Gasteiger partial charge on any atom is 0.0410 e. The van der Waals surface area contributed by atoms with Gasteiger partial charge >= 0.3 is 0 Å². The molecule has 4 heteroatoms. The van der Waals surface area contributed by atoms with E-state index in [1.54, 1.807) is 0 Å². The molecular weight excluding hydrogens is 296 g/mol. The molecule has 1 aliphatic carbocycles. The van der Waals surface area contributed by atoms with E-state index in [2.05, 4.69) is 38.6 Å². The van der Waals surface area contributed by atoms with Crippen molar-refractivity contribution in [1.82, 2.24) is 10.3 Å². The average molecular weight is 315 g/mol.